The van der Waals surface area contributed by atoms with Crippen LogP contribution in [0, 0.1) is 5.82 Å². The Balaban J connectivity index is 1.81. The molecule has 1 fully saturated rings. The fraction of sp³-hybridized carbons (Fsp3) is 0.350. The molecule has 0 unspecified atom stereocenters. The van der Waals surface area contributed by atoms with E-state index in [1.165, 1.54) is 30.1 Å². The predicted octanol–water partition coefficient (Wildman–Crippen LogP) is 2.37. The zero-order valence-electron chi connectivity index (χ0n) is 15.5. The molecule has 1 aliphatic carbocycles. The van der Waals surface area contributed by atoms with E-state index in [4.69, 9.17) is 0 Å². The van der Waals surface area contributed by atoms with Crippen molar-refractivity contribution < 1.29 is 14.3 Å². The van der Waals surface area contributed by atoms with Crippen LogP contribution in [0.3, 0.4) is 0 Å². The lowest BCUT2D eigenvalue weighted by Crippen LogP contribution is -2.37. The normalized spacial score (nSPS) is 15.8. The van der Waals surface area contributed by atoms with Crippen LogP contribution in [0.2, 0.25) is 0 Å². The molecule has 4 rings (SSSR count). The van der Waals surface area contributed by atoms with Crippen molar-refractivity contribution in [2.45, 2.75) is 37.8 Å². The first-order valence-electron chi connectivity index (χ1n) is 9.23. The number of nitrogens with zero attached hydrogens (tertiary/aromatic N) is 3. The largest absolute Gasteiger partial charge is 0.503 e. The van der Waals surface area contributed by atoms with Gasteiger partial charge in [-0.3, -0.25) is 14.3 Å². The standard InChI is InChI=1S/C20H21FN4O3/c1-22-19(28)17-18(27)16(26)11-24(23-17)12-20(7-2-3-8-20)25-9-6-13-4-5-14(21)10-15(13)25/h4-6,9-11,26H,2-3,7-8,12H2,1H3,(H,22,28). The van der Waals surface area contributed by atoms with Gasteiger partial charge in [-0.25, -0.2) is 4.39 Å². The molecule has 1 aromatic carbocycles. The second kappa shape index (κ2) is 6.78. The molecule has 0 aliphatic heterocycles. The van der Waals surface area contributed by atoms with Crippen molar-refractivity contribution in [1.29, 1.82) is 0 Å². The zero-order chi connectivity index (χ0) is 19.9. The van der Waals surface area contributed by atoms with Crippen molar-refractivity contribution >= 4 is 16.8 Å². The van der Waals surface area contributed by atoms with Crippen LogP contribution in [0.5, 0.6) is 5.75 Å². The first-order valence-corrected chi connectivity index (χ1v) is 9.23. The average Bonchev–Trinajstić information content (AvgIpc) is 3.31. The number of halogens is 1. The van der Waals surface area contributed by atoms with E-state index in [9.17, 15) is 19.1 Å². The molecule has 2 N–H and O–H groups in total. The summed E-state index contributed by atoms with van der Waals surface area (Å²) in [4.78, 5) is 24.0. The van der Waals surface area contributed by atoms with E-state index in [1.807, 2.05) is 12.3 Å². The van der Waals surface area contributed by atoms with Gasteiger partial charge in [0.15, 0.2) is 11.4 Å². The summed E-state index contributed by atoms with van der Waals surface area (Å²) < 4.78 is 17.4. The van der Waals surface area contributed by atoms with E-state index in [-0.39, 0.29) is 17.1 Å². The molecule has 0 bridgehead atoms. The molecule has 2 aromatic heterocycles. The van der Waals surface area contributed by atoms with Crippen molar-refractivity contribution in [3.8, 4) is 5.75 Å². The van der Waals surface area contributed by atoms with E-state index in [0.717, 1.165) is 36.6 Å². The molecule has 146 valence electrons. The third-order valence-corrected chi connectivity index (χ3v) is 5.55. The summed E-state index contributed by atoms with van der Waals surface area (Å²) in [5.41, 5.74) is -0.744. The van der Waals surface area contributed by atoms with Crippen molar-refractivity contribution in [3.63, 3.8) is 0 Å². The average molecular weight is 384 g/mol. The van der Waals surface area contributed by atoms with Gasteiger partial charge in [0.05, 0.1) is 23.8 Å². The molecular formula is C20H21FN4O3. The monoisotopic (exact) mass is 384 g/mol. The van der Waals surface area contributed by atoms with Crippen LogP contribution in [-0.2, 0) is 12.1 Å². The number of carbonyl (C=O) groups excluding carboxylic acids is 1. The summed E-state index contributed by atoms with van der Waals surface area (Å²) in [5.74, 6) is -1.48. The van der Waals surface area contributed by atoms with Gasteiger partial charge in [-0.2, -0.15) is 5.10 Å². The van der Waals surface area contributed by atoms with Gasteiger partial charge < -0.3 is 15.0 Å². The number of hydrogen-bond acceptors (Lipinski definition) is 4. The highest BCUT2D eigenvalue weighted by molar-refractivity contribution is 5.92. The van der Waals surface area contributed by atoms with E-state index in [0.29, 0.717) is 6.54 Å². The number of aromatic hydroxyl groups is 1. The molecule has 7 nitrogen and oxygen atoms in total. The molecule has 1 aliphatic rings. The van der Waals surface area contributed by atoms with Crippen molar-refractivity contribution in [3.05, 3.63) is 58.4 Å². The SMILES string of the molecule is CNC(=O)c1nn(CC2(n3ccc4ccc(F)cc43)CCCC2)cc(O)c1=O. The van der Waals surface area contributed by atoms with Gasteiger partial charge in [0.2, 0.25) is 0 Å². The maximum absolute atomic E-state index is 13.9. The third kappa shape index (κ3) is 2.94. The molecule has 0 spiro atoms. The summed E-state index contributed by atoms with van der Waals surface area (Å²) in [7, 11) is 1.40. The number of hydrogen-bond donors (Lipinski definition) is 2. The van der Waals surface area contributed by atoms with E-state index in [1.54, 1.807) is 6.07 Å². The molecule has 2 heterocycles. The topological polar surface area (TPSA) is 89.2 Å². The van der Waals surface area contributed by atoms with Gasteiger partial charge >= 0.3 is 0 Å². The zero-order valence-corrected chi connectivity index (χ0v) is 15.5. The first-order chi connectivity index (χ1) is 13.4. The number of aromatic nitrogens is 3. The summed E-state index contributed by atoms with van der Waals surface area (Å²) in [6.45, 7) is 0.352. The van der Waals surface area contributed by atoms with Crippen LogP contribution in [0.25, 0.3) is 10.9 Å². The van der Waals surface area contributed by atoms with Crippen molar-refractivity contribution in [1.82, 2.24) is 19.7 Å². The summed E-state index contributed by atoms with van der Waals surface area (Å²) in [6, 6.07) is 6.64. The first kappa shape index (κ1) is 18.2. The van der Waals surface area contributed by atoms with E-state index < -0.39 is 17.1 Å². The van der Waals surface area contributed by atoms with Crippen LogP contribution in [0.15, 0.2) is 41.5 Å². The van der Waals surface area contributed by atoms with Gasteiger partial charge in [-0.15, -0.1) is 0 Å². The Morgan fingerprint density at radius 3 is 2.79 bits per heavy atom. The Labute approximate surface area is 160 Å². The minimum Gasteiger partial charge on any atom is -0.503 e. The number of rotatable bonds is 4. The lowest BCUT2D eigenvalue weighted by Gasteiger charge is -2.32. The molecule has 0 radical (unpaired) electrons. The predicted molar refractivity (Wildman–Crippen MR) is 102 cm³/mol. The van der Waals surface area contributed by atoms with Crippen LogP contribution in [0.1, 0.15) is 36.2 Å². The lowest BCUT2D eigenvalue weighted by molar-refractivity contribution is 0.0952. The fourth-order valence-corrected chi connectivity index (χ4v) is 4.20. The van der Waals surface area contributed by atoms with Gasteiger partial charge in [-0.05, 0) is 42.5 Å². The Bertz CT molecular complexity index is 1110. The molecule has 1 amide bonds. The third-order valence-electron chi connectivity index (χ3n) is 5.55. The van der Waals surface area contributed by atoms with Crippen LogP contribution >= 0.6 is 0 Å². The van der Waals surface area contributed by atoms with Crippen molar-refractivity contribution in [2.75, 3.05) is 7.05 Å². The van der Waals surface area contributed by atoms with E-state index >= 15 is 0 Å². The van der Waals surface area contributed by atoms with E-state index in [2.05, 4.69) is 15.0 Å². The van der Waals surface area contributed by atoms with Gasteiger partial charge in [0.1, 0.15) is 5.82 Å². The highest BCUT2D eigenvalue weighted by atomic mass is 19.1. The molecular weight excluding hydrogens is 363 g/mol. The number of nitrogens with one attached hydrogen (secondary N) is 1. The summed E-state index contributed by atoms with van der Waals surface area (Å²) >= 11 is 0. The lowest BCUT2D eigenvalue weighted by atomic mass is 9.96. The fourth-order valence-electron chi connectivity index (χ4n) is 4.20. The Kier molecular flexibility index (Phi) is 4.41. The minimum atomic E-state index is -0.801. The highest BCUT2D eigenvalue weighted by Crippen LogP contribution is 2.40. The molecule has 0 atom stereocenters. The molecule has 8 heteroatoms. The van der Waals surface area contributed by atoms with Crippen molar-refractivity contribution in [2.24, 2.45) is 0 Å². The Morgan fingerprint density at radius 1 is 1.32 bits per heavy atom. The van der Waals surface area contributed by atoms with Gasteiger partial charge in [-0.1, -0.05) is 12.8 Å². The smallest absolute Gasteiger partial charge is 0.275 e. The molecule has 28 heavy (non-hydrogen) atoms. The van der Waals surface area contributed by atoms with Gasteiger partial charge in [0, 0.05) is 13.2 Å². The molecule has 0 saturated heterocycles. The maximum atomic E-state index is 13.9. The maximum Gasteiger partial charge on any atom is 0.275 e. The Hall–Kier alpha value is -3.16. The number of amides is 1. The number of benzene rings is 1. The quantitative estimate of drug-likeness (QED) is 0.723. The Morgan fingerprint density at radius 2 is 2.07 bits per heavy atom. The number of carbonyl (C=O) groups is 1. The molecule has 1 saturated carbocycles. The van der Waals surface area contributed by atoms with Gasteiger partial charge in [0.25, 0.3) is 11.3 Å². The minimum absolute atomic E-state index is 0.304. The summed E-state index contributed by atoms with van der Waals surface area (Å²) in [6.07, 6.45) is 6.89. The van der Waals surface area contributed by atoms with Crippen LogP contribution < -0.4 is 10.7 Å². The second-order valence-electron chi connectivity index (χ2n) is 7.29. The van der Waals surface area contributed by atoms with Crippen LogP contribution in [0.4, 0.5) is 4.39 Å². The molecule has 3 aromatic rings. The highest BCUT2D eigenvalue weighted by Gasteiger charge is 2.37. The van der Waals surface area contributed by atoms with Crippen LogP contribution in [-0.4, -0.2) is 32.4 Å². The second-order valence-corrected chi connectivity index (χ2v) is 7.29. The summed E-state index contributed by atoms with van der Waals surface area (Å²) in [5, 5.41) is 17.5. The number of fused-ring (bicyclic) bond motifs is 1.